The molecule has 0 aliphatic heterocycles. The number of ketones is 2. The molecule has 0 fully saturated rings. The standard InChI is InChI=1S/C20H12N2O2S/c1-10-21-20-17(25-10)9-13(22-20)8-16-18(23)14-6-11-4-2-3-5-12(11)7-15(14)19(16)24/h2-9,22H,1H3. The molecule has 2 heterocycles. The summed E-state index contributed by atoms with van der Waals surface area (Å²) in [5.41, 5.74) is 2.68. The number of aromatic nitrogens is 2. The number of Topliss-reactive ketones (excluding diaryl/α,β-unsaturated/α-hetero) is 2. The molecular weight excluding hydrogens is 332 g/mol. The average molecular weight is 344 g/mol. The van der Waals surface area contributed by atoms with E-state index in [2.05, 4.69) is 9.97 Å². The Labute approximate surface area is 146 Å². The Kier molecular flexibility index (Phi) is 2.85. The minimum Gasteiger partial charge on any atom is -0.339 e. The van der Waals surface area contributed by atoms with E-state index in [9.17, 15) is 9.59 Å². The summed E-state index contributed by atoms with van der Waals surface area (Å²) in [7, 11) is 0. The number of aryl methyl sites for hydroxylation is 1. The van der Waals surface area contributed by atoms with Gasteiger partial charge in [-0.25, -0.2) is 4.98 Å². The molecule has 1 N–H and O–H groups in total. The van der Waals surface area contributed by atoms with Gasteiger partial charge in [-0.3, -0.25) is 9.59 Å². The molecule has 0 spiro atoms. The fourth-order valence-corrected chi connectivity index (χ4v) is 4.15. The van der Waals surface area contributed by atoms with E-state index in [-0.39, 0.29) is 17.1 Å². The second-order valence-electron chi connectivity index (χ2n) is 6.13. The van der Waals surface area contributed by atoms with Crippen molar-refractivity contribution in [1.29, 1.82) is 0 Å². The van der Waals surface area contributed by atoms with Crippen molar-refractivity contribution in [2.24, 2.45) is 0 Å². The lowest BCUT2D eigenvalue weighted by atomic mass is 10.0. The molecule has 1 aliphatic carbocycles. The first-order valence-electron chi connectivity index (χ1n) is 7.90. The van der Waals surface area contributed by atoms with Gasteiger partial charge in [0.15, 0.2) is 11.6 Å². The molecule has 0 bridgehead atoms. The first kappa shape index (κ1) is 14.3. The van der Waals surface area contributed by atoms with Crippen molar-refractivity contribution in [2.45, 2.75) is 6.92 Å². The number of aromatic amines is 1. The summed E-state index contributed by atoms with van der Waals surface area (Å²) in [6.07, 6.45) is 1.64. The lowest BCUT2D eigenvalue weighted by molar-refractivity contribution is 0.0990. The van der Waals surface area contributed by atoms with Crippen LogP contribution in [0.4, 0.5) is 0 Å². The Morgan fingerprint density at radius 3 is 2.24 bits per heavy atom. The number of thiazole rings is 1. The number of H-pyrrole nitrogens is 1. The summed E-state index contributed by atoms with van der Waals surface area (Å²) in [4.78, 5) is 33.0. The number of rotatable bonds is 1. The number of fused-ring (bicyclic) bond motifs is 3. The molecule has 25 heavy (non-hydrogen) atoms. The first-order valence-corrected chi connectivity index (χ1v) is 8.72. The monoisotopic (exact) mass is 344 g/mol. The third kappa shape index (κ3) is 2.09. The lowest BCUT2D eigenvalue weighted by Gasteiger charge is -2.00. The van der Waals surface area contributed by atoms with E-state index in [1.807, 2.05) is 49.4 Å². The van der Waals surface area contributed by atoms with Gasteiger partial charge in [-0.1, -0.05) is 24.3 Å². The Morgan fingerprint density at radius 2 is 1.64 bits per heavy atom. The third-order valence-electron chi connectivity index (χ3n) is 4.47. The summed E-state index contributed by atoms with van der Waals surface area (Å²) >= 11 is 1.58. The van der Waals surface area contributed by atoms with E-state index >= 15 is 0 Å². The Hall–Kier alpha value is -3.05. The van der Waals surface area contributed by atoms with Crippen LogP contribution in [0.15, 0.2) is 48.0 Å². The van der Waals surface area contributed by atoms with Crippen LogP contribution in [0.1, 0.15) is 31.4 Å². The highest BCUT2D eigenvalue weighted by atomic mass is 32.1. The molecule has 0 atom stereocenters. The first-order chi connectivity index (χ1) is 12.1. The third-order valence-corrected chi connectivity index (χ3v) is 5.39. The summed E-state index contributed by atoms with van der Waals surface area (Å²) in [5, 5.41) is 2.90. The number of carbonyl (C=O) groups excluding carboxylic acids is 2. The molecule has 120 valence electrons. The van der Waals surface area contributed by atoms with Crippen LogP contribution in [-0.2, 0) is 0 Å². The quantitative estimate of drug-likeness (QED) is 0.407. The molecule has 5 heteroatoms. The van der Waals surface area contributed by atoms with Gasteiger partial charge in [0.2, 0.25) is 0 Å². The van der Waals surface area contributed by atoms with Gasteiger partial charge >= 0.3 is 0 Å². The van der Waals surface area contributed by atoms with Crippen LogP contribution >= 0.6 is 11.3 Å². The predicted octanol–water partition coefficient (Wildman–Crippen LogP) is 4.55. The smallest absolute Gasteiger partial charge is 0.197 e. The molecule has 0 saturated heterocycles. The van der Waals surface area contributed by atoms with Gasteiger partial charge in [0.05, 0.1) is 15.3 Å². The Balaban J connectivity index is 1.64. The largest absolute Gasteiger partial charge is 0.339 e. The molecule has 5 rings (SSSR count). The van der Waals surface area contributed by atoms with Crippen LogP contribution in [-0.4, -0.2) is 21.5 Å². The highest BCUT2D eigenvalue weighted by molar-refractivity contribution is 7.18. The summed E-state index contributed by atoms with van der Waals surface area (Å²) < 4.78 is 1.02. The van der Waals surface area contributed by atoms with Gasteiger partial charge < -0.3 is 4.98 Å². The minimum absolute atomic E-state index is 0.205. The van der Waals surface area contributed by atoms with Crippen molar-refractivity contribution in [3.63, 3.8) is 0 Å². The van der Waals surface area contributed by atoms with Crippen molar-refractivity contribution in [3.8, 4) is 0 Å². The van der Waals surface area contributed by atoms with E-state index in [0.717, 1.165) is 31.8 Å². The van der Waals surface area contributed by atoms with Crippen LogP contribution < -0.4 is 0 Å². The molecule has 0 radical (unpaired) electrons. The van der Waals surface area contributed by atoms with Gasteiger partial charge in [-0.05, 0) is 42.0 Å². The Bertz CT molecular complexity index is 1160. The maximum atomic E-state index is 12.7. The van der Waals surface area contributed by atoms with Gasteiger partial charge in [-0.15, -0.1) is 11.3 Å². The highest BCUT2D eigenvalue weighted by Gasteiger charge is 2.33. The second kappa shape index (κ2) is 4.97. The lowest BCUT2D eigenvalue weighted by Crippen LogP contribution is -2.00. The van der Waals surface area contributed by atoms with Crippen LogP contribution in [0.25, 0.3) is 27.2 Å². The maximum Gasteiger partial charge on any atom is 0.197 e. The van der Waals surface area contributed by atoms with Gasteiger partial charge in [0, 0.05) is 16.8 Å². The summed E-state index contributed by atoms with van der Waals surface area (Å²) in [5.74, 6) is -0.430. The summed E-state index contributed by atoms with van der Waals surface area (Å²) in [6.45, 7) is 1.95. The average Bonchev–Trinajstić information content (AvgIpc) is 3.20. The van der Waals surface area contributed by atoms with Crippen molar-refractivity contribution >= 4 is 50.1 Å². The van der Waals surface area contributed by atoms with Gasteiger partial charge in [0.1, 0.15) is 5.65 Å². The van der Waals surface area contributed by atoms with E-state index < -0.39 is 0 Å². The topological polar surface area (TPSA) is 62.8 Å². The number of allylic oxidation sites excluding steroid dienone is 1. The SMILES string of the molecule is Cc1nc2[nH]c(C=C3C(=O)c4cc5ccccc5cc4C3=O)cc2s1. The normalized spacial score (nSPS) is 13.9. The maximum absolute atomic E-state index is 12.7. The number of benzene rings is 2. The van der Waals surface area contributed by atoms with Crippen LogP contribution in [0.3, 0.4) is 0 Å². The van der Waals surface area contributed by atoms with Crippen molar-refractivity contribution in [1.82, 2.24) is 9.97 Å². The van der Waals surface area contributed by atoms with Gasteiger partial charge in [0.25, 0.3) is 0 Å². The zero-order valence-electron chi connectivity index (χ0n) is 13.3. The van der Waals surface area contributed by atoms with Crippen LogP contribution in [0, 0.1) is 6.92 Å². The van der Waals surface area contributed by atoms with E-state index in [1.165, 1.54) is 0 Å². The van der Waals surface area contributed by atoms with Gasteiger partial charge in [-0.2, -0.15) is 0 Å². The van der Waals surface area contributed by atoms with Crippen molar-refractivity contribution < 1.29 is 9.59 Å². The van der Waals surface area contributed by atoms with Crippen molar-refractivity contribution in [2.75, 3.05) is 0 Å². The number of nitrogens with one attached hydrogen (secondary N) is 1. The molecule has 0 amide bonds. The number of carbonyl (C=O) groups is 2. The van der Waals surface area contributed by atoms with Crippen LogP contribution in [0.2, 0.25) is 0 Å². The van der Waals surface area contributed by atoms with Crippen molar-refractivity contribution in [3.05, 3.63) is 69.9 Å². The molecular formula is C20H12N2O2S. The van der Waals surface area contributed by atoms with Crippen LogP contribution in [0.5, 0.6) is 0 Å². The molecule has 0 saturated carbocycles. The number of hydrogen-bond donors (Lipinski definition) is 1. The molecule has 4 nitrogen and oxygen atoms in total. The Morgan fingerprint density at radius 1 is 1.00 bits per heavy atom. The fraction of sp³-hybridized carbons (Fsp3) is 0.0500. The van der Waals surface area contributed by atoms with E-state index in [1.54, 1.807) is 17.4 Å². The molecule has 2 aromatic heterocycles. The number of nitrogens with zero attached hydrogens (tertiary/aromatic N) is 1. The second-order valence-corrected chi connectivity index (χ2v) is 7.37. The highest BCUT2D eigenvalue weighted by Crippen LogP contribution is 2.32. The fourth-order valence-electron chi connectivity index (χ4n) is 3.32. The molecule has 2 aromatic carbocycles. The predicted molar refractivity (Wildman–Crippen MR) is 99.3 cm³/mol. The zero-order valence-corrected chi connectivity index (χ0v) is 14.1. The molecule has 4 aromatic rings. The summed E-state index contributed by atoms with van der Waals surface area (Å²) in [6, 6.07) is 13.3. The number of hydrogen-bond acceptors (Lipinski definition) is 4. The van der Waals surface area contributed by atoms with E-state index in [0.29, 0.717) is 11.1 Å². The minimum atomic E-state index is -0.215. The van der Waals surface area contributed by atoms with E-state index in [4.69, 9.17) is 0 Å². The zero-order chi connectivity index (χ0) is 17.1. The molecule has 1 aliphatic rings. The molecule has 0 unspecified atom stereocenters.